The van der Waals surface area contributed by atoms with Gasteiger partial charge in [-0.2, -0.15) is 0 Å². The lowest BCUT2D eigenvalue weighted by atomic mass is 9.96. The lowest BCUT2D eigenvalue weighted by molar-refractivity contribution is 0.223. The molecule has 1 aliphatic rings. The van der Waals surface area contributed by atoms with Crippen molar-refractivity contribution in [3.63, 3.8) is 0 Å². The van der Waals surface area contributed by atoms with Gasteiger partial charge in [-0.25, -0.2) is 0 Å². The lowest BCUT2D eigenvalue weighted by Crippen LogP contribution is -2.32. The van der Waals surface area contributed by atoms with Crippen molar-refractivity contribution in [3.05, 3.63) is 82.4 Å². The molecule has 6 heteroatoms. The van der Waals surface area contributed by atoms with Crippen molar-refractivity contribution in [2.24, 2.45) is 0 Å². The Balaban J connectivity index is 1.87. The molecule has 2 atom stereocenters. The van der Waals surface area contributed by atoms with E-state index in [1.165, 1.54) is 33.8 Å². The maximum absolute atomic E-state index is 9.70. The molecule has 4 rings (SSSR count). The zero-order chi connectivity index (χ0) is 21.4. The van der Waals surface area contributed by atoms with Crippen LogP contribution in [-0.4, -0.2) is 37.8 Å². The van der Waals surface area contributed by atoms with Gasteiger partial charge in [0.2, 0.25) is 0 Å². The summed E-state index contributed by atoms with van der Waals surface area (Å²) in [6.07, 6.45) is 1.81. The summed E-state index contributed by atoms with van der Waals surface area (Å²) >= 11 is 5.65. The topological polar surface area (TPSA) is 53.3 Å². The average molecular weight is 421 g/mol. The van der Waals surface area contributed by atoms with Crippen LogP contribution >= 0.6 is 12.2 Å². The number of hydrogen-bond acceptors (Lipinski definition) is 3. The molecule has 2 N–H and O–H groups in total. The van der Waals surface area contributed by atoms with Crippen LogP contribution in [0.25, 0.3) is 5.69 Å². The maximum atomic E-state index is 9.70. The Bertz CT molecular complexity index is 1060. The van der Waals surface area contributed by atoms with Gasteiger partial charge in [0.15, 0.2) is 5.11 Å². The average Bonchev–Trinajstić information content (AvgIpc) is 3.20. The minimum Gasteiger partial charge on any atom is -0.395 e. The normalized spacial score (nSPS) is 18.7. The summed E-state index contributed by atoms with van der Waals surface area (Å²) in [5.41, 5.74) is 8.24. The van der Waals surface area contributed by atoms with Crippen LogP contribution in [0.5, 0.6) is 0 Å². The van der Waals surface area contributed by atoms with Crippen molar-refractivity contribution < 1.29 is 5.11 Å². The molecule has 1 aromatic carbocycles. The molecule has 1 aliphatic heterocycles. The highest BCUT2D eigenvalue weighted by Crippen LogP contribution is 2.41. The number of β-amino-alcohol motifs (C(OH)–C–C–N with tert-alkyl or cyclic N) is 1. The Morgan fingerprint density at radius 1 is 1.07 bits per heavy atom. The second-order valence-corrected chi connectivity index (χ2v) is 8.33. The van der Waals surface area contributed by atoms with E-state index in [2.05, 4.69) is 71.7 Å². The van der Waals surface area contributed by atoms with Gasteiger partial charge in [-0.3, -0.25) is 4.98 Å². The molecule has 0 bridgehead atoms. The first-order chi connectivity index (χ1) is 14.4. The van der Waals surface area contributed by atoms with Gasteiger partial charge in [0.1, 0.15) is 0 Å². The third-order valence-electron chi connectivity index (χ3n) is 5.99. The van der Waals surface area contributed by atoms with E-state index in [4.69, 9.17) is 12.2 Å². The molecule has 5 nitrogen and oxygen atoms in total. The highest BCUT2D eigenvalue weighted by atomic mass is 32.1. The second-order valence-electron chi connectivity index (χ2n) is 7.95. The number of nitrogens with one attached hydrogen (secondary N) is 1. The summed E-state index contributed by atoms with van der Waals surface area (Å²) in [6, 6.07) is 14.5. The molecule has 1 fully saturated rings. The minimum atomic E-state index is -0.0721. The third-order valence-corrected chi connectivity index (χ3v) is 6.34. The molecular weight excluding hydrogens is 392 g/mol. The first-order valence-electron chi connectivity index (χ1n) is 10.3. The molecule has 1 saturated heterocycles. The third kappa shape index (κ3) is 3.40. The molecule has 0 radical (unpaired) electrons. The zero-order valence-corrected chi connectivity index (χ0v) is 18.7. The summed E-state index contributed by atoms with van der Waals surface area (Å²) in [5.74, 6) is 0. The number of benzene rings is 1. The number of aryl methyl sites for hydroxylation is 3. The minimum absolute atomic E-state index is 0.0381. The van der Waals surface area contributed by atoms with Crippen molar-refractivity contribution in [2.75, 3.05) is 13.2 Å². The number of aliphatic hydroxyl groups excluding tert-OH is 1. The Kier molecular flexibility index (Phi) is 5.62. The summed E-state index contributed by atoms with van der Waals surface area (Å²) in [5, 5.41) is 13.8. The molecular formula is C24H28N4OS. The van der Waals surface area contributed by atoms with Crippen LogP contribution in [-0.2, 0) is 0 Å². The highest BCUT2D eigenvalue weighted by molar-refractivity contribution is 7.80. The van der Waals surface area contributed by atoms with Gasteiger partial charge in [0.05, 0.1) is 30.1 Å². The van der Waals surface area contributed by atoms with E-state index in [0.717, 1.165) is 5.69 Å². The van der Waals surface area contributed by atoms with E-state index < -0.39 is 0 Å². The van der Waals surface area contributed by atoms with E-state index in [0.29, 0.717) is 11.7 Å². The fourth-order valence-corrected chi connectivity index (χ4v) is 5.01. The molecule has 0 amide bonds. The summed E-state index contributed by atoms with van der Waals surface area (Å²) in [6.45, 7) is 9.15. The number of aromatic nitrogens is 2. The number of aliphatic hydroxyl groups is 1. The van der Waals surface area contributed by atoms with Crippen LogP contribution in [0, 0.1) is 27.7 Å². The Hall–Kier alpha value is -2.70. The van der Waals surface area contributed by atoms with Crippen LogP contribution in [0.3, 0.4) is 0 Å². The molecule has 2 aromatic heterocycles. The largest absolute Gasteiger partial charge is 0.395 e. The molecule has 0 saturated carbocycles. The van der Waals surface area contributed by atoms with Crippen LogP contribution < -0.4 is 5.32 Å². The van der Waals surface area contributed by atoms with Crippen molar-refractivity contribution in [2.45, 2.75) is 39.8 Å². The first-order valence-corrected chi connectivity index (χ1v) is 10.7. The highest BCUT2D eigenvalue weighted by Gasteiger charge is 2.41. The molecule has 156 valence electrons. The molecule has 30 heavy (non-hydrogen) atoms. The van der Waals surface area contributed by atoms with Crippen molar-refractivity contribution >= 4 is 17.3 Å². The van der Waals surface area contributed by atoms with E-state index >= 15 is 0 Å². The molecule has 0 spiro atoms. The molecule has 0 aliphatic carbocycles. The standard InChI is InChI=1S/C24H28N4OS/c1-15-8-7-9-16(2)22(15)28-17(3)14-19(18(28)4)23-21(20-10-5-6-11-25-20)26-24(30)27(23)12-13-29/h5-11,14,21,23,29H,12-13H2,1-4H3,(H,26,30)/t21-,23+/m1/s1. The number of rotatable bonds is 5. The number of pyridine rings is 1. The quantitative estimate of drug-likeness (QED) is 0.610. The number of nitrogens with zero attached hydrogens (tertiary/aromatic N) is 3. The van der Waals surface area contributed by atoms with Gasteiger partial charge < -0.3 is 19.9 Å². The first kappa shape index (κ1) is 20.6. The fraction of sp³-hybridized carbons (Fsp3) is 0.333. The molecule has 0 unspecified atom stereocenters. The van der Waals surface area contributed by atoms with Gasteiger partial charge in [0.25, 0.3) is 0 Å². The fourth-order valence-electron chi connectivity index (χ4n) is 4.68. The maximum Gasteiger partial charge on any atom is 0.170 e. The van der Waals surface area contributed by atoms with Crippen LogP contribution in [0.2, 0.25) is 0 Å². The van der Waals surface area contributed by atoms with Gasteiger partial charge in [-0.15, -0.1) is 0 Å². The molecule has 3 heterocycles. The zero-order valence-electron chi connectivity index (χ0n) is 17.9. The summed E-state index contributed by atoms with van der Waals surface area (Å²) in [7, 11) is 0. The predicted molar refractivity (Wildman–Crippen MR) is 124 cm³/mol. The Morgan fingerprint density at radius 2 is 1.80 bits per heavy atom. The van der Waals surface area contributed by atoms with Crippen molar-refractivity contribution in [1.29, 1.82) is 0 Å². The van der Waals surface area contributed by atoms with Crippen LogP contribution in [0.4, 0.5) is 0 Å². The molecule has 3 aromatic rings. The van der Waals surface area contributed by atoms with Gasteiger partial charge >= 0.3 is 0 Å². The van der Waals surface area contributed by atoms with Gasteiger partial charge in [-0.1, -0.05) is 24.3 Å². The van der Waals surface area contributed by atoms with Crippen LogP contribution in [0.1, 0.15) is 45.9 Å². The van der Waals surface area contributed by atoms with E-state index in [1.54, 1.807) is 0 Å². The SMILES string of the molecule is Cc1cccc(C)c1-n1c(C)cc([C@H]2[C@@H](c3ccccn3)NC(=S)N2CCO)c1C. The predicted octanol–water partition coefficient (Wildman–Crippen LogP) is 4.07. The second kappa shape index (κ2) is 8.20. The Morgan fingerprint density at radius 3 is 2.43 bits per heavy atom. The smallest absolute Gasteiger partial charge is 0.170 e. The Labute approximate surface area is 183 Å². The lowest BCUT2D eigenvalue weighted by Gasteiger charge is -2.27. The summed E-state index contributed by atoms with van der Waals surface area (Å²) < 4.78 is 2.34. The van der Waals surface area contributed by atoms with Gasteiger partial charge in [0, 0.05) is 24.1 Å². The van der Waals surface area contributed by atoms with Crippen LogP contribution in [0.15, 0.2) is 48.7 Å². The van der Waals surface area contributed by atoms with E-state index in [9.17, 15) is 5.11 Å². The number of hydrogen-bond donors (Lipinski definition) is 2. The van der Waals surface area contributed by atoms with Gasteiger partial charge in [-0.05, 0) is 74.8 Å². The number of thiocarbonyl (C=S) groups is 1. The number of para-hydroxylation sites is 1. The summed E-state index contributed by atoms with van der Waals surface area (Å²) in [4.78, 5) is 6.68. The van der Waals surface area contributed by atoms with Crippen molar-refractivity contribution in [3.8, 4) is 5.69 Å². The van der Waals surface area contributed by atoms with E-state index in [-0.39, 0.29) is 18.7 Å². The monoisotopic (exact) mass is 420 g/mol. The van der Waals surface area contributed by atoms with E-state index in [1.807, 2.05) is 24.4 Å². The van der Waals surface area contributed by atoms with Crippen molar-refractivity contribution in [1.82, 2.24) is 19.8 Å².